The van der Waals surface area contributed by atoms with Gasteiger partial charge in [0.1, 0.15) is 5.65 Å². The number of nitrogens with zero attached hydrogens (tertiary/aromatic N) is 3. The Balaban J connectivity index is 1.56. The lowest BCUT2D eigenvalue weighted by molar-refractivity contribution is 0.141. The smallest absolute Gasteiger partial charge is 0.258 e. The van der Waals surface area contributed by atoms with Crippen molar-refractivity contribution in [3.8, 4) is 0 Å². The Morgan fingerprint density at radius 3 is 3.14 bits per heavy atom. The van der Waals surface area contributed by atoms with E-state index in [9.17, 15) is 4.79 Å². The van der Waals surface area contributed by atoms with Crippen molar-refractivity contribution in [2.24, 2.45) is 11.8 Å². The summed E-state index contributed by atoms with van der Waals surface area (Å²) in [5, 5.41) is 3.49. The van der Waals surface area contributed by atoms with E-state index < -0.39 is 0 Å². The number of piperidine rings is 1. The van der Waals surface area contributed by atoms with Gasteiger partial charge in [-0.05, 0) is 50.0 Å². The number of fused-ring (bicyclic) bond motifs is 2. The third-order valence-corrected chi connectivity index (χ3v) is 4.80. The van der Waals surface area contributed by atoms with Crippen LogP contribution >= 0.6 is 0 Å². The lowest BCUT2D eigenvalue weighted by Gasteiger charge is -2.34. The Morgan fingerprint density at radius 2 is 2.19 bits per heavy atom. The highest BCUT2D eigenvalue weighted by atomic mass is 16.1. The zero-order chi connectivity index (χ0) is 14.2. The summed E-state index contributed by atoms with van der Waals surface area (Å²) in [6.45, 7) is 5.32. The molecule has 1 N–H and O–H groups in total. The summed E-state index contributed by atoms with van der Waals surface area (Å²) >= 11 is 0. The van der Waals surface area contributed by atoms with E-state index in [-0.39, 0.29) is 5.56 Å². The van der Waals surface area contributed by atoms with Crippen molar-refractivity contribution in [2.75, 3.05) is 26.2 Å². The van der Waals surface area contributed by atoms with E-state index in [4.69, 9.17) is 0 Å². The predicted octanol–water partition coefficient (Wildman–Crippen LogP) is 0.736. The molecule has 0 spiro atoms. The second-order valence-corrected chi connectivity index (χ2v) is 6.22. The molecule has 2 saturated heterocycles. The second kappa shape index (κ2) is 5.24. The monoisotopic (exact) mass is 284 g/mol. The summed E-state index contributed by atoms with van der Waals surface area (Å²) in [5.41, 5.74) is 1.63. The average molecular weight is 284 g/mol. The van der Waals surface area contributed by atoms with E-state index in [0.29, 0.717) is 0 Å². The number of aromatic nitrogens is 2. The number of rotatable bonds is 2. The van der Waals surface area contributed by atoms with Crippen molar-refractivity contribution in [1.29, 1.82) is 0 Å². The van der Waals surface area contributed by atoms with Gasteiger partial charge in [0.2, 0.25) is 0 Å². The number of nitrogens with one attached hydrogen (secondary N) is 1. The summed E-state index contributed by atoms with van der Waals surface area (Å²) < 4.78 is 1.59. The van der Waals surface area contributed by atoms with Crippen LogP contribution in [0.3, 0.4) is 0 Å². The first kappa shape index (κ1) is 13.0. The molecular weight excluding hydrogens is 264 g/mol. The first-order valence-electron chi connectivity index (χ1n) is 7.70. The van der Waals surface area contributed by atoms with Crippen LogP contribution in [0.2, 0.25) is 0 Å². The molecule has 0 radical (unpaired) electrons. The van der Waals surface area contributed by atoms with Crippen LogP contribution in [0.1, 0.15) is 12.1 Å². The first-order chi connectivity index (χ1) is 10.3. The van der Waals surface area contributed by atoms with Gasteiger partial charge in [-0.2, -0.15) is 0 Å². The summed E-state index contributed by atoms with van der Waals surface area (Å²) in [6, 6.07) is 7.33. The molecule has 0 amide bonds. The van der Waals surface area contributed by atoms with Gasteiger partial charge in [0.05, 0.1) is 5.69 Å². The molecule has 5 heteroatoms. The molecule has 0 bridgehead atoms. The summed E-state index contributed by atoms with van der Waals surface area (Å²) in [4.78, 5) is 19.2. The normalized spacial score (nSPS) is 26.1. The van der Waals surface area contributed by atoms with Crippen LogP contribution in [-0.4, -0.2) is 40.5 Å². The molecule has 21 heavy (non-hydrogen) atoms. The number of pyridine rings is 1. The maximum Gasteiger partial charge on any atom is 0.258 e. The van der Waals surface area contributed by atoms with E-state index in [1.807, 2.05) is 18.2 Å². The van der Waals surface area contributed by atoms with Crippen LogP contribution in [0.4, 0.5) is 0 Å². The Morgan fingerprint density at radius 1 is 1.29 bits per heavy atom. The minimum absolute atomic E-state index is 0.00743. The van der Waals surface area contributed by atoms with E-state index in [1.54, 1.807) is 16.7 Å². The zero-order valence-electron chi connectivity index (χ0n) is 12.0. The molecule has 110 valence electrons. The third-order valence-electron chi connectivity index (χ3n) is 4.80. The Labute approximate surface area is 123 Å². The molecule has 5 nitrogen and oxygen atoms in total. The maximum absolute atomic E-state index is 12.1. The molecule has 2 unspecified atom stereocenters. The number of hydrogen-bond acceptors (Lipinski definition) is 4. The molecule has 0 saturated carbocycles. The van der Waals surface area contributed by atoms with Gasteiger partial charge in [-0.3, -0.25) is 14.1 Å². The zero-order valence-corrected chi connectivity index (χ0v) is 12.0. The third kappa shape index (κ3) is 2.47. The fourth-order valence-corrected chi connectivity index (χ4v) is 3.67. The maximum atomic E-state index is 12.1. The van der Waals surface area contributed by atoms with Crippen LogP contribution in [0, 0.1) is 11.8 Å². The van der Waals surface area contributed by atoms with Crippen LogP contribution in [0.25, 0.3) is 5.65 Å². The van der Waals surface area contributed by atoms with Crippen LogP contribution < -0.4 is 10.9 Å². The number of hydrogen-bond donors (Lipinski definition) is 1. The van der Waals surface area contributed by atoms with E-state index in [1.165, 1.54) is 13.0 Å². The molecule has 2 aliphatic rings. The summed E-state index contributed by atoms with van der Waals surface area (Å²) in [6.07, 6.45) is 3.02. The lowest BCUT2D eigenvalue weighted by atomic mass is 9.89. The van der Waals surface area contributed by atoms with Gasteiger partial charge in [0.15, 0.2) is 0 Å². The lowest BCUT2D eigenvalue weighted by Crippen LogP contribution is -2.39. The van der Waals surface area contributed by atoms with Gasteiger partial charge in [-0.25, -0.2) is 4.98 Å². The van der Waals surface area contributed by atoms with Crippen molar-refractivity contribution >= 4 is 5.65 Å². The van der Waals surface area contributed by atoms with Crippen molar-refractivity contribution in [2.45, 2.75) is 13.0 Å². The first-order valence-corrected chi connectivity index (χ1v) is 7.70. The van der Waals surface area contributed by atoms with Crippen molar-refractivity contribution in [3.05, 3.63) is 46.5 Å². The highest BCUT2D eigenvalue weighted by Gasteiger charge is 2.32. The van der Waals surface area contributed by atoms with Crippen molar-refractivity contribution < 1.29 is 0 Å². The van der Waals surface area contributed by atoms with E-state index in [2.05, 4.69) is 15.2 Å². The minimum Gasteiger partial charge on any atom is -0.316 e. The highest BCUT2D eigenvalue weighted by molar-refractivity contribution is 5.37. The SMILES string of the molecule is O=c1cc(CN2CCC3CNCC3C2)nc2ccccn12. The highest BCUT2D eigenvalue weighted by Crippen LogP contribution is 2.27. The van der Waals surface area contributed by atoms with Crippen LogP contribution in [0.15, 0.2) is 35.3 Å². The van der Waals surface area contributed by atoms with Crippen LogP contribution in [-0.2, 0) is 6.54 Å². The van der Waals surface area contributed by atoms with E-state index >= 15 is 0 Å². The predicted molar refractivity (Wildman–Crippen MR) is 81.2 cm³/mol. The Hall–Kier alpha value is -1.72. The Kier molecular flexibility index (Phi) is 3.24. The molecule has 2 fully saturated rings. The molecular formula is C16H20N4O. The second-order valence-electron chi connectivity index (χ2n) is 6.22. The molecule has 4 rings (SSSR count). The molecule has 0 aromatic carbocycles. The van der Waals surface area contributed by atoms with Crippen molar-refractivity contribution in [1.82, 2.24) is 19.6 Å². The molecule has 2 atom stereocenters. The van der Waals surface area contributed by atoms with Crippen molar-refractivity contribution in [3.63, 3.8) is 0 Å². The molecule has 4 heterocycles. The molecule has 2 aromatic heterocycles. The van der Waals surface area contributed by atoms with Gasteiger partial charge in [0, 0.05) is 25.4 Å². The van der Waals surface area contributed by atoms with E-state index in [0.717, 1.165) is 49.4 Å². The standard InChI is InChI=1S/C16H20N4O/c21-16-7-14(18-15-3-1-2-5-20(15)16)11-19-6-4-12-8-17-9-13(12)10-19/h1-3,5,7,12-13,17H,4,6,8-11H2. The molecule has 0 aliphatic carbocycles. The summed E-state index contributed by atoms with van der Waals surface area (Å²) in [5.74, 6) is 1.61. The average Bonchev–Trinajstić information content (AvgIpc) is 2.95. The van der Waals surface area contributed by atoms with Gasteiger partial charge < -0.3 is 5.32 Å². The van der Waals surface area contributed by atoms with Gasteiger partial charge >= 0.3 is 0 Å². The quantitative estimate of drug-likeness (QED) is 0.883. The fourth-order valence-electron chi connectivity index (χ4n) is 3.67. The van der Waals surface area contributed by atoms with Crippen LogP contribution in [0.5, 0.6) is 0 Å². The topological polar surface area (TPSA) is 49.6 Å². The fraction of sp³-hybridized carbons (Fsp3) is 0.500. The number of likely N-dealkylation sites (tertiary alicyclic amines) is 1. The minimum atomic E-state index is 0.00743. The summed E-state index contributed by atoms with van der Waals surface area (Å²) in [7, 11) is 0. The van der Waals surface area contributed by atoms with Gasteiger partial charge in [-0.1, -0.05) is 6.07 Å². The van der Waals surface area contributed by atoms with Gasteiger partial charge in [0.25, 0.3) is 5.56 Å². The molecule has 2 aromatic rings. The Bertz CT molecular complexity index is 711. The molecule has 2 aliphatic heterocycles. The largest absolute Gasteiger partial charge is 0.316 e. The van der Waals surface area contributed by atoms with Gasteiger partial charge in [-0.15, -0.1) is 0 Å².